The van der Waals surface area contributed by atoms with Gasteiger partial charge in [-0.25, -0.2) is 38.2 Å². The molecule has 0 fully saturated rings. The standard InChI is InChI=1S/C44H52N2O13S4.4Na.O3S/c1-43(2)36-14-5-6-15-38(36)45(26-7-9-28-60(47,48)49)40(43)24-16-31-12-11-13-32(42(31)59-33-18-20-34(21-19-33)62(53,54)55)17-25-41-44(3,4)37-30-35(63(56,57)58)22-23-39(37)46(41)27-8-10-29-61(50,51)52;;;;;1-4(2)3/h6,14-25,30H,7-13,26-29H2,1-4H3,(H,47,48,49)(H,50,51,52)(H,53,54,55)(H,56,57,58);;;;;/q;4*+1;/p-4. The fraction of sp³-hybridized carbons (Fsp3) is 0.386. The Morgan fingerprint density at radius 3 is 1.83 bits per heavy atom. The molecule has 6 rings (SSSR count). The second-order valence-corrected chi connectivity index (χ2v) is 23.2. The summed E-state index contributed by atoms with van der Waals surface area (Å²) in [6.45, 7) is 8.59. The summed E-state index contributed by atoms with van der Waals surface area (Å²) in [6.07, 6.45) is 10.5. The van der Waals surface area contributed by atoms with Crippen LogP contribution in [0.2, 0.25) is 0 Å². The van der Waals surface area contributed by atoms with E-state index in [-0.39, 0.29) is 143 Å². The van der Waals surface area contributed by atoms with Gasteiger partial charge in [-0.3, -0.25) is 0 Å². The Kier molecular flexibility index (Phi) is 26.9. The Labute approximate surface area is 506 Å². The summed E-state index contributed by atoms with van der Waals surface area (Å²) < 4.78 is 174. The monoisotopic (exact) mass is 1110 g/mol. The van der Waals surface area contributed by atoms with Crippen LogP contribution >= 0.6 is 0 Å². The molecule has 0 radical (unpaired) electrons. The second-order valence-electron chi connectivity index (χ2n) is 17.0. The Morgan fingerprint density at radius 1 is 0.704 bits per heavy atom. The first-order valence-electron chi connectivity index (χ1n) is 20.7. The minimum absolute atomic E-state index is 0. The van der Waals surface area contributed by atoms with Gasteiger partial charge in [0.05, 0.1) is 30.0 Å². The largest absolute Gasteiger partial charge is 1.00 e. The molecule has 27 heteroatoms. The summed E-state index contributed by atoms with van der Waals surface area (Å²) in [7, 11) is -21.5. The van der Waals surface area contributed by atoms with Crippen LogP contribution in [0.25, 0.3) is 0 Å². The van der Waals surface area contributed by atoms with Gasteiger partial charge in [-0.05, 0) is 110 Å². The van der Waals surface area contributed by atoms with Crippen LogP contribution in [-0.2, 0) is 61.9 Å². The number of ether oxygens (including phenoxy) is 1. The van der Waals surface area contributed by atoms with Crippen LogP contribution in [0, 0.1) is 6.07 Å². The topological polar surface area (TPSA) is 295 Å². The van der Waals surface area contributed by atoms with Crippen LogP contribution in [0.15, 0.2) is 117 Å². The van der Waals surface area contributed by atoms with E-state index < -0.39 is 83.2 Å². The van der Waals surface area contributed by atoms with Crippen molar-refractivity contribution in [1.29, 1.82) is 0 Å². The van der Waals surface area contributed by atoms with Crippen molar-refractivity contribution in [3.8, 4) is 5.75 Å². The number of hydrogen-bond acceptors (Lipinski definition) is 17. The van der Waals surface area contributed by atoms with Crippen LogP contribution in [0.4, 0.5) is 11.4 Å². The van der Waals surface area contributed by atoms with E-state index in [1.54, 1.807) is 6.07 Å². The molecule has 0 saturated carbocycles. The van der Waals surface area contributed by atoms with Crippen molar-refractivity contribution < 1.29 is 192 Å². The first-order valence-corrected chi connectivity index (χ1v) is 27.7. The number of unbranched alkanes of at least 4 members (excludes halogenated alkanes) is 2. The molecule has 18 nitrogen and oxygen atoms in total. The molecule has 3 aliphatic rings. The van der Waals surface area contributed by atoms with Crippen LogP contribution in [0.3, 0.4) is 0 Å². The predicted molar refractivity (Wildman–Crippen MR) is 241 cm³/mol. The molecule has 1 aliphatic carbocycles. The third kappa shape index (κ3) is 18.7. The van der Waals surface area contributed by atoms with Gasteiger partial charge in [0.1, 0.15) is 44.0 Å². The van der Waals surface area contributed by atoms with Crippen LogP contribution in [0.1, 0.15) is 83.8 Å². The molecule has 3 aromatic carbocycles. The SMILES string of the molecule is CC1(C)C(/C=C/C2=C(Oc3ccc(S(=O)(=O)[O-])cc3)C(=C/C=C3/N(CCCCS(=O)(=O)[O-])c4ccc(S(=O)(=O)[O-])cc4C3(C)C)/CCC2)=[N+](CCCCS(=O)(=O)[O-])c2cc[c-]cc21.O=S(=O)=O.[Na+].[Na+].[Na+].[Na+]. The number of nitrogens with zero attached hydrogens (tertiary/aromatic N) is 2. The van der Waals surface area contributed by atoms with E-state index in [0.717, 1.165) is 40.2 Å². The van der Waals surface area contributed by atoms with Crippen molar-refractivity contribution in [3.05, 3.63) is 125 Å². The van der Waals surface area contributed by atoms with E-state index in [1.807, 2.05) is 55.2 Å². The molecule has 2 heterocycles. The number of benzene rings is 3. The molecule has 0 spiro atoms. The van der Waals surface area contributed by atoms with Gasteiger partial charge in [-0.15, -0.1) is 18.7 Å². The minimum atomic E-state index is -4.80. The molecule has 0 amide bonds. The van der Waals surface area contributed by atoms with Crippen LogP contribution in [-0.4, -0.2) is 99.4 Å². The van der Waals surface area contributed by atoms with Gasteiger partial charge in [0.2, 0.25) is 0 Å². The zero-order valence-corrected chi connectivity index (χ0v) is 52.9. The average Bonchev–Trinajstić information content (AvgIpc) is 3.56. The number of anilines is 1. The van der Waals surface area contributed by atoms with E-state index >= 15 is 0 Å². The maximum atomic E-state index is 12.1. The second kappa shape index (κ2) is 28.0. The summed E-state index contributed by atoms with van der Waals surface area (Å²) in [5.41, 5.74) is 4.86. The Morgan fingerprint density at radius 2 is 1.27 bits per heavy atom. The maximum Gasteiger partial charge on any atom is 1.00 e. The summed E-state index contributed by atoms with van der Waals surface area (Å²) in [5.74, 6) is -0.310. The van der Waals surface area contributed by atoms with E-state index in [4.69, 9.17) is 17.4 Å². The van der Waals surface area contributed by atoms with Crippen molar-refractivity contribution in [3.63, 3.8) is 0 Å². The predicted octanol–water partition coefficient (Wildman–Crippen LogP) is -6.98. The van der Waals surface area contributed by atoms with Gasteiger partial charge in [0.25, 0.3) is 0 Å². The first kappa shape index (κ1) is 68.2. The number of fused-ring (bicyclic) bond motifs is 2. The summed E-state index contributed by atoms with van der Waals surface area (Å²) in [5, 5.41) is 0. The molecule has 2 aliphatic heterocycles. The van der Waals surface area contributed by atoms with Crippen molar-refractivity contribution >= 4 is 68.2 Å². The smallest absolute Gasteiger partial charge is 0.748 e. The normalized spacial score (nSPS) is 17.3. The molecular weight excluding hydrogens is 1060 g/mol. The fourth-order valence-electron chi connectivity index (χ4n) is 8.45. The van der Waals surface area contributed by atoms with Crippen molar-refractivity contribution in [2.75, 3.05) is 29.5 Å². The molecule has 0 unspecified atom stereocenters. The Bertz CT molecular complexity index is 3150. The van der Waals surface area contributed by atoms with Gasteiger partial charge in [0, 0.05) is 52.8 Å². The third-order valence-corrected chi connectivity index (χ3v) is 14.9. The molecule has 364 valence electrons. The molecule has 0 bridgehead atoms. The first-order chi connectivity index (χ1) is 31.0. The van der Waals surface area contributed by atoms with Crippen LogP contribution in [0.5, 0.6) is 5.75 Å². The Hall–Kier alpha value is -0.850. The van der Waals surface area contributed by atoms with E-state index in [9.17, 15) is 51.9 Å². The third-order valence-electron chi connectivity index (χ3n) is 11.6. The molecule has 0 saturated heterocycles. The minimum Gasteiger partial charge on any atom is -0.748 e. The molecular formula is C44H48N2Na4O16S5. The molecule has 0 atom stereocenters. The van der Waals surface area contributed by atoms with Gasteiger partial charge in [-0.1, -0.05) is 39.3 Å². The average molecular weight is 1110 g/mol. The number of allylic oxidation sites excluding steroid dienone is 7. The zero-order valence-electron chi connectivity index (χ0n) is 40.8. The Balaban J connectivity index is 0.00000303. The molecule has 0 aromatic heterocycles. The summed E-state index contributed by atoms with van der Waals surface area (Å²) >= 11 is 0. The summed E-state index contributed by atoms with van der Waals surface area (Å²) in [4.78, 5) is 1.08. The van der Waals surface area contributed by atoms with Crippen molar-refractivity contribution in [2.24, 2.45) is 0 Å². The zero-order chi connectivity index (χ0) is 49.8. The van der Waals surface area contributed by atoms with E-state index in [2.05, 4.69) is 24.5 Å². The van der Waals surface area contributed by atoms with Gasteiger partial charge < -0.3 is 27.8 Å². The number of hydrogen-bond donors (Lipinski definition) is 0. The summed E-state index contributed by atoms with van der Waals surface area (Å²) in [6, 6.07) is 18.0. The van der Waals surface area contributed by atoms with Gasteiger partial charge in [0.15, 0.2) is 5.71 Å². The molecule has 71 heavy (non-hydrogen) atoms. The maximum absolute atomic E-state index is 12.1. The van der Waals surface area contributed by atoms with Gasteiger partial charge in [-0.2, -0.15) is 18.2 Å². The van der Waals surface area contributed by atoms with Crippen LogP contribution < -0.4 is 128 Å². The van der Waals surface area contributed by atoms with Crippen molar-refractivity contribution in [2.45, 2.75) is 93.3 Å². The quantitative estimate of drug-likeness (QED) is 0.0399. The van der Waals surface area contributed by atoms with Gasteiger partial charge >= 0.3 is 129 Å². The molecule has 3 aromatic rings. The van der Waals surface area contributed by atoms with E-state index in [0.29, 0.717) is 61.4 Å². The van der Waals surface area contributed by atoms with E-state index in [1.165, 1.54) is 30.3 Å². The molecule has 0 N–H and O–H groups in total. The fourth-order valence-corrected chi connectivity index (χ4v) is 10.5. The number of rotatable bonds is 17. The van der Waals surface area contributed by atoms with Crippen molar-refractivity contribution in [1.82, 2.24) is 0 Å².